The van der Waals surface area contributed by atoms with E-state index in [1.165, 1.54) is 32.9 Å². The zero-order valence-electron chi connectivity index (χ0n) is 20.0. The van der Waals surface area contributed by atoms with E-state index < -0.39 is 37.8 Å². The molecule has 2 N–H and O–H groups in total. The van der Waals surface area contributed by atoms with E-state index in [0.29, 0.717) is 25.9 Å². The molecular formula is C24H30N4O6S2. The maximum absolute atomic E-state index is 12.8. The van der Waals surface area contributed by atoms with Gasteiger partial charge in [0.25, 0.3) is 5.91 Å². The molecule has 2 aliphatic heterocycles. The van der Waals surface area contributed by atoms with E-state index in [0.717, 1.165) is 18.4 Å². The number of rotatable bonds is 6. The Hall–Kier alpha value is -2.80. The Balaban J connectivity index is 1.28. The molecule has 10 nitrogen and oxygen atoms in total. The second-order valence-electron chi connectivity index (χ2n) is 9.07. The first-order valence-corrected chi connectivity index (χ1v) is 14.7. The Morgan fingerprint density at radius 3 is 1.72 bits per heavy atom. The average molecular weight is 535 g/mol. The van der Waals surface area contributed by atoms with E-state index in [9.17, 15) is 26.4 Å². The molecule has 0 unspecified atom stereocenters. The van der Waals surface area contributed by atoms with E-state index in [1.54, 1.807) is 24.3 Å². The summed E-state index contributed by atoms with van der Waals surface area (Å²) in [4.78, 5) is 25.3. The number of aryl methyl sites for hydroxylation is 1. The number of nitrogens with one attached hydrogen (secondary N) is 2. The zero-order valence-corrected chi connectivity index (χ0v) is 21.6. The van der Waals surface area contributed by atoms with Crippen LogP contribution in [0.15, 0.2) is 58.3 Å². The van der Waals surface area contributed by atoms with Gasteiger partial charge in [-0.05, 0) is 69.0 Å². The normalized spacial score (nSPS) is 18.1. The minimum atomic E-state index is -3.62. The molecule has 12 heteroatoms. The van der Waals surface area contributed by atoms with Gasteiger partial charge in [-0.25, -0.2) is 16.8 Å². The molecule has 0 radical (unpaired) electrons. The van der Waals surface area contributed by atoms with Crippen molar-refractivity contribution in [1.82, 2.24) is 19.5 Å². The molecule has 0 saturated carbocycles. The summed E-state index contributed by atoms with van der Waals surface area (Å²) in [6.07, 6.45) is 2.33. The number of amides is 2. The van der Waals surface area contributed by atoms with Crippen molar-refractivity contribution >= 4 is 31.9 Å². The van der Waals surface area contributed by atoms with Gasteiger partial charge >= 0.3 is 0 Å². The van der Waals surface area contributed by atoms with Crippen LogP contribution in [0.3, 0.4) is 0 Å². The van der Waals surface area contributed by atoms with E-state index >= 15 is 0 Å². The quantitative estimate of drug-likeness (QED) is 0.542. The number of piperidine rings is 1. The maximum atomic E-state index is 12.8. The van der Waals surface area contributed by atoms with E-state index in [1.807, 2.05) is 6.92 Å². The van der Waals surface area contributed by atoms with Crippen LogP contribution < -0.4 is 10.9 Å². The van der Waals surface area contributed by atoms with Gasteiger partial charge in [-0.1, -0.05) is 17.7 Å². The number of nitrogens with zero attached hydrogens (tertiary/aromatic N) is 2. The lowest BCUT2D eigenvalue weighted by Gasteiger charge is -2.30. The van der Waals surface area contributed by atoms with Gasteiger partial charge < -0.3 is 0 Å². The minimum absolute atomic E-state index is 0.123. The van der Waals surface area contributed by atoms with Crippen molar-refractivity contribution in [2.75, 3.05) is 26.2 Å². The predicted molar refractivity (Wildman–Crippen MR) is 133 cm³/mol. The second kappa shape index (κ2) is 10.7. The lowest BCUT2D eigenvalue weighted by atomic mass is 9.98. The summed E-state index contributed by atoms with van der Waals surface area (Å²) in [6.45, 7) is 3.28. The lowest BCUT2D eigenvalue weighted by Crippen LogP contribution is -2.48. The number of hydrogen-bond donors (Lipinski definition) is 2. The molecule has 2 aromatic carbocycles. The molecule has 0 aromatic heterocycles. The third-order valence-corrected chi connectivity index (χ3v) is 10.4. The molecule has 0 aliphatic carbocycles. The monoisotopic (exact) mass is 534 g/mol. The van der Waals surface area contributed by atoms with Crippen LogP contribution in [0.1, 0.15) is 41.6 Å². The van der Waals surface area contributed by atoms with Crippen molar-refractivity contribution in [2.45, 2.75) is 42.4 Å². The highest BCUT2D eigenvalue weighted by molar-refractivity contribution is 7.89. The summed E-state index contributed by atoms with van der Waals surface area (Å²) in [7, 11) is -7.19. The fourth-order valence-corrected chi connectivity index (χ4v) is 7.35. The van der Waals surface area contributed by atoms with E-state index in [2.05, 4.69) is 10.9 Å². The van der Waals surface area contributed by atoms with Crippen LogP contribution >= 0.6 is 0 Å². The van der Waals surface area contributed by atoms with E-state index in [-0.39, 0.29) is 28.4 Å². The van der Waals surface area contributed by atoms with Crippen LogP contribution in [0.25, 0.3) is 0 Å². The fraction of sp³-hybridized carbons (Fsp3) is 0.417. The molecule has 2 heterocycles. The van der Waals surface area contributed by atoms with Gasteiger partial charge in [-0.3, -0.25) is 20.4 Å². The second-order valence-corrected chi connectivity index (χ2v) is 12.9. The van der Waals surface area contributed by atoms with Crippen LogP contribution in [0, 0.1) is 12.8 Å². The highest BCUT2D eigenvalue weighted by Crippen LogP contribution is 2.24. The largest absolute Gasteiger partial charge is 0.273 e. The first-order valence-electron chi connectivity index (χ1n) is 11.9. The van der Waals surface area contributed by atoms with Crippen LogP contribution in [0.2, 0.25) is 0 Å². The third-order valence-electron chi connectivity index (χ3n) is 6.60. The number of carbonyl (C=O) groups excluding carboxylic acids is 2. The van der Waals surface area contributed by atoms with Gasteiger partial charge in [0.2, 0.25) is 26.0 Å². The Morgan fingerprint density at radius 2 is 1.19 bits per heavy atom. The molecule has 2 fully saturated rings. The van der Waals surface area contributed by atoms with Crippen molar-refractivity contribution < 1.29 is 26.4 Å². The maximum Gasteiger partial charge on any atom is 0.269 e. The number of hydrogen-bond acceptors (Lipinski definition) is 6. The van der Waals surface area contributed by atoms with Crippen molar-refractivity contribution in [3.63, 3.8) is 0 Å². The van der Waals surface area contributed by atoms with Gasteiger partial charge in [0.15, 0.2) is 0 Å². The number of benzene rings is 2. The standard InChI is InChI=1S/C24H30N4O6S2/c1-18-4-8-21(9-5-18)36(33,34)28-16-12-20(13-17-28)24(30)26-25-23(29)19-6-10-22(11-7-19)35(31,32)27-14-2-3-15-27/h4-11,20H,2-3,12-17H2,1H3,(H,25,29)(H,26,30). The van der Waals surface area contributed by atoms with Gasteiger partial charge in [-0.15, -0.1) is 0 Å². The molecule has 2 amide bonds. The highest BCUT2D eigenvalue weighted by atomic mass is 32.2. The number of sulfonamides is 2. The molecular weight excluding hydrogens is 504 g/mol. The van der Waals surface area contributed by atoms with Crippen LogP contribution in [0.4, 0.5) is 0 Å². The highest BCUT2D eigenvalue weighted by Gasteiger charge is 2.32. The van der Waals surface area contributed by atoms with Gasteiger partial charge in [0.05, 0.1) is 9.79 Å². The Bertz CT molecular complexity index is 1310. The SMILES string of the molecule is Cc1ccc(S(=O)(=O)N2CCC(C(=O)NNC(=O)c3ccc(S(=O)(=O)N4CCCC4)cc3)CC2)cc1. The summed E-state index contributed by atoms with van der Waals surface area (Å²) in [5.41, 5.74) is 5.92. The van der Waals surface area contributed by atoms with Gasteiger partial charge in [0, 0.05) is 37.7 Å². The zero-order chi connectivity index (χ0) is 25.9. The molecule has 4 rings (SSSR count). The summed E-state index contributed by atoms with van der Waals surface area (Å²) in [5, 5.41) is 0. The van der Waals surface area contributed by atoms with Crippen molar-refractivity contribution in [3.05, 3.63) is 59.7 Å². The van der Waals surface area contributed by atoms with Crippen molar-refractivity contribution in [3.8, 4) is 0 Å². The number of hydrazine groups is 1. The van der Waals surface area contributed by atoms with Crippen molar-refractivity contribution in [2.24, 2.45) is 5.92 Å². The minimum Gasteiger partial charge on any atom is -0.273 e. The van der Waals surface area contributed by atoms with Gasteiger partial charge in [-0.2, -0.15) is 8.61 Å². The molecule has 194 valence electrons. The first kappa shape index (κ1) is 26.3. The van der Waals surface area contributed by atoms with Gasteiger partial charge in [0.1, 0.15) is 0 Å². The molecule has 2 saturated heterocycles. The molecule has 2 aromatic rings. The lowest BCUT2D eigenvalue weighted by molar-refractivity contribution is -0.126. The number of carbonyl (C=O) groups is 2. The summed E-state index contributed by atoms with van der Waals surface area (Å²) in [5.74, 6) is -1.42. The third kappa shape index (κ3) is 5.61. The average Bonchev–Trinajstić information content (AvgIpc) is 3.44. The summed E-state index contributed by atoms with van der Waals surface area (Å²) >= 11 is 0. The summed E-state index contributed by atoms with van der Waals surface area (Å²) in [6, 6.07) is 12.2. The van der Waals surface area contributed by atoms with Crippen LogP contribution in [-0.2, 0) is 24.8 Å². The fourth-order valence-electron chi connectivity index (χ4n) is 4.37. The Morgan fingerprint density at radius 1 is 0.722 bits per heavy atom. The molecule has 2 aliphatic rings. The Kier molecular flexibility index (Phi) is 7.79. The molecule has 0 atom stereocenters. The summed E-state index contributed by atoms with van der Waals surface area (Å²) < 4.78 is 53.7. The van der Waals surface area contributed by atoms with E-state index in [4.69, 9.17) is 0 Å². The predicted octanol–water partition coefficient (Wildman–Crippen LogP) is 1.64. The first-order chi connectivity index (χ1) is 17.1. The topological polar surface area (TPSA) is 133 Å². The Labute approximate surface area is 211 Å². The van der Waals surface area contributed by atoms with Crippen molar-refractivity contribution in [1.29, 1.82) is 0 Å². The molecule has 0 bridgehead atoms. The smallest absolute Gasteiger partial charge is 0.269 e. The molecule has 0 spiro atoms. The van der Waals surface area contributed by atoms with Crippen LogP contribution in [-0.4, -0.2) is 63.4 Å². The molecule has 36 heavy (non-hydrogen) atoms. The van der Waals surface area contributed by atoms with Crippen LogP contribution in [0.5, 0.6) is 0 Å².